The van der Waals surface area contributed by atoms with Crippen LogP contribution in [0.5, 0.6) is 0 Å². The number of allylic oxidation sites excluding steroid dienone is 1. The van der Waals surface area contributed by atoms with Crippen molar-refractivity contribution in [1.82, 2.24) is 0 Å². The van der Waals surface area contributed by atoms with Crippen molar-refractivity contribution in [1.29, 1.82) is 0 Å². The van der Waals surface area contributed by atoms with E-state index in [-0.39, 0.29) is 6.04 Å². The van der Waals surface area contributed by atoms with E-state index < -0.39 is 0 Å². The van der Waals surface area contributed by atoms with Crippen molar-refractivity contribution in [2.75, 3.05) is 0 Å². The van der Waals surface area contributed by atoms with Crippen LogP contribution >= 0.6 is 0 Å². The average molecular weight is 133 g/mol. The second-order valence-corrected chi connectivity index (χ2v) is 2.22. The summed E-state index contributed by atoms with van der Waals surface area (Å²) < 4.78 is 0. The highest BCUT2D eigenvalue weighted by molar-refractivity contribution is 6.12. The van der Waals surface area contributed by atoms with Gasteiger partial charge in [0, 0.05) is 18.0 Å². The summed E-state index contributed by atoms with van der Waals surface area (Å²) in [7, 11) is 0. The minimum Gasteiger partial charge on any atom is -0.321 e. The highest BCUT2D eigenvalue weighted by Gasteiger charge is 2.17. The van der Waals surface area contributed by atoms with Crippen molar-refractivity contribution in [3.05, 3.63) is 23.9 Å². The van der Waals surface area contributed by atoms with Crippen LogP contribution < -0.4 is 5.73 Å². The highest BCUT2D eigenvalue weighted by Crippen LogP contribution is 2.13. The molecule has 0 aromatic heterocycles. The van der Waals surface area contributed by atoms with Crippen LogP contribution in [0, 0.1) is 0 Å². The number of hydrogen-bond donors (Lipinski definition) is 1. The molecule has 0 spiro atoms. The first-order valence-corrected chi connectivity index (χ1v) is 3.12. The molecule has 2 heterocycles. The van der Waals surface area contributed by atoms with Crippen molar-refractivity contribution < 1.29 is 0 Å². The number of nitrogens with two attached hydrogens (primary N) is 1. The molecule has 0 aliphatic carbocycles. The van der Waals surface area contributed by atoms with Gasteiger partial charge in [0.25, 0.3) is 0 Å². The van der Waals surface area contributed by atoms with Gasteiger partial charge < -0.3 is 5.73 Å². The lowest BCUT2D eigenvalue weighted by atomic mass is 10.1. The number of nitrogens with zero attached hydrogens (tertiary/aromatic N) is 2. The third-order valence-electron chi connectivity index (χ3n) is 1.56. The fourth-order valence-electron chi connectivity index (χ4n) is 1.02. The van der Waals surface area contributed by atoms with E-state index in [1.165, 1.54) is 0 Å². The normalized spacial score (nSPS) is 27.9. The summed E-state index contributed by atoms with van der Waals surface area (Å²) in [6, 6.07) is -0.0185. The third kappa shape index (κ3) is 0.642. The van der Waals surface area contributed by atoms with Crippen molar-refractivity contribution >= 4 is 12.1 Å². The number of rotatable bonds is 0. The zero-order valence-electron chi connectivity index (χ0n) is 5.36. The van der Waals surface area contributed by atoms with E-state index in [1.54, 1.807) is 12.4 Å². The second-order valence-electron chi connectivity index (χ2n) is 2.22. The molecule has 0 aromatic rings. The molecule has 3 heteroatoms. The Morgan fingerprint density at radius 1 is 1.50 bits per heavy atom. The lowest BCUT2D eigenvalue weighted by molar-refractivity contribution is 0.978. The Labute approximate surface area is 58.7 Å². The van der Waals surface area contributed by atoms with Gasteiger partial charge in [-0.3, -0.25) is 0 Å². The Kier molecular flexibility index (Phi) is 1.05. The summed E-state index contributed by atoms with van der Waals surface area (Å²) in [6.45, 7) is 0. The van der Waals surface area contributed by atoms with Crippen molar-refractivity contribution in [2.45, 2.75) is 6.04 Å². The van der Waals surface area contributed by atoms with Gasteiger partial charge in [-0.25, -0.2) is 9.98 Å². The zero-order valence-corrected chi connectivity index (χ0v) is 5.36. The van der Waals surface area contributed by atoms with E-state index >= 15 is 0 Å². The molecule has 0 saturated carbocycles. The van der Waals surface area contributed by atoms with Gasteiger partial charge in [0.2, 0.25) is 0 Å². The molecule has 2 N–H and O–H groups in total. The van der Waals surface area contributed by atoms with Gasteiger partial charge in [0.1, 0.15) is 0 Å². The van der Waals surface area contributed by atoms with Crippen LogP contribution in [0.25, 0.3) is 0 Å². The Bertz CT molecular complexity index is 271. The Hall–Kier alpha value is -1.22. The zero-order chi connectivity index (χ0) is 6.97. The van der Waals surface area contributed by atoms with Gasteiger partial charge in [-0.05, 0) is 12.2 Å². The summed E-state index contributed by atoms with van der Waals surface area (Å²) in [5.41, 5.74) is 6.72. The monoisotopic (exact) mass is 133 g/mol. The van der Waals surface area contributed by atoms with Crippen LogP contribution in [0.4, 0.5) is 0 Å². The average Bonchev–Trinajstić information content (AvgIpc) is 2.36. The van der Waals surface area contributed by atoms with Crippen LogP contribution in [-0.4, -0.2) is 18.1 Å². The molecule has 0 aromatic carbocycles. The van der Waals surface area contributed by atoms with Crippen molar-refractivity contribution in [2.24, 2.45) is 15.7 Å². The SMILES string of the molecule is N[C@H]1C=CN=C2N=CC=C21. The molecule has 1 atom stereocenters. The first-order chi connectivity index (χ1) is 4.88. The van der Waals surface area contributed by atoms with Crippen molar-refractivity contribution in [3.8, 4) is 0 Å². The van der Waals surface area contributed by atoms with E-state index in [0.717, 1.165) is 11.4 Å². The highest BCUT2D eigenvalue weighted by atomic mass is 14.9. The lowest BCUT2D eigenvalue weighted by Crippen LogP contribution is -2.24. The second kappa shape index (κ2) is 1.88. The van der Waals surface area contributed by atoms with Crippen molar-refractivity contribution in [3.63, 3.8) is 0 Å². The van der Waals surface area contributed by atoms with E-state index in [4.69, 9.17) is 5.73 Å². The number of aliphatic imine (C=N–C) groups is 2. The number of fused-ring (bicyclic) bond motifs is 1. The lowest BCUT2D eigenvalue weighted by Gasteiger charge is -2.10. The van der Waals surface area contributed by atoms with Crippen LogP contribution in [0.2, 0.25) is 0 Å². The van der Waals surface area contributed by atoms with Crippen LogP contribution in [0.3, 0.4) is 0 Å². The van der Waals surface area contributed by atoms with Crippen LogP contribution in [-0.2, 0) is 0 Å². The standard InChI is InChI=1S/C7H7N3/c8-6-2-4-10-7-5(6)1-3-9-7/h1-4,6H,8H2/t6-/m0/s1. The first kappa shape index (κ1) is 5.56. The maximum absolute atomic E-state index is 5.70. The molecule has 2 aliphatic heterocycles. The minimum atomic E-state index is -0.0185. The summed E-state index contributed by atoms with van der Waals surface area (Å²) in [4.78, 5) is 8.04. The number of hydrogen-bond acceptors (Lipinski definition) is 3. The quantitative estimate of drug-likeness (QED) is 0.506. The van der Waals surface area contributed by atoms with Gasteiger partial charge in [-0.2, -0.15) is 0 Å². The topological polar surface area (TPSA) is 50.7 Å². The molecule has 0 saturated heterocycles. The molecule has 50 valence electrons. The van der Waals surface area contributed by atoms with E-state index in [9.17, 15) is 0 Å². The molecule has 0 radical (unpaired) electrons. The molecule has 10 heavy (non-hydrogen) atoms. The fourth-order valence-corrected chi connectivity index (χ4v) is 1.02. The largest absolute Gasteiger partial charge is 0.321 e. The predicted octanol–water partition coefficient (Wildman–Crippen LogP) is 0.250. The summed E-state index contributed by atoms with van der Waals surface area (Å²) in [6.07, 6.45) is 7.16. The van der Waals surface area contributed by atoms with Gasteiger partial charge in [0.05, 0.1) is 6.04 Å². The van der Waals surface area contributed by atoms with E-state index in [0.29, 0.717) is 0 Å². The van der Waals surface area contributed by atoms with E-state index in [1.807, 2.05) is 12.2 Å². The Balaban J connectivity index is 2.45. The molecule has 0 amide bonds. The first-order valence-electron chi connectivity index (χ1n) is 3.12. The molecule has 0 unspecified atom stereocenters. The Morgan fingerprint density at radius 3 is 3.20 bits per heavy atom. The van der Waals surface area contributed by atoms with E-state index in [2.05, 4.69) is 9.98 Å². The summed E-state index contributed by atoms with van der Waals surface area (Å²) >= 11 is 0. The molecular weight excluding hydrogens is 126 g/mol. The van der Waals surface area contributed by atoms with Gasteiger partial charge in [0.15, 0.2) is 5.84 Å². The molecular formula is C7H7N3. The van der Waals surface area contributed by atoms with Gasteiger partial charge >= 0.3 is 0 Å². The van der Waals surface area contributed by atoms with Crippen LogP contribution in [0.15, 0.2) is 33.9 Å². The molecule has 0 bridgehead atoms. The molecule has 3 nitrogen and oxygen atoms in total. The number of amidine groups is 1. The maximum Gasteiger partial charge on any atom is 0.156 e. The third-order valence-corrected chi connectivity index (χ3v) is 1.56. The maximum atomic E-state index is 5.70. The minimum absolute atomic E-state index is 0.0185. The smallest absolute Gasteiger partial charge is 0.156 e. The van der Waals surface area contributed by atoms with Gasteiger partial charge in [-0.1, -0.05) is 0 Å². The summed E-state index contributed by atoms with van der Waals surface area (Å²) in [5, 5.41) is 0. The predicted molar refractivity (Wildman–Crippen MR) is 41.1 cm³/mol. The van der Waals surface area contributed by atoms with Crippen LogP contribution in [0.1, 0.15) is 0 Å². The van der Waals surface area contributed by atoms with Gasteiger partial charge in [-0.15, -0.1) is 0 Å². The fraction of sp³-hybridized carbons (Fsp3) is 0.143. The molecule has 2 aliphatic rings. The summed E-state index contributed by atoms with van der Waals surface area (Å²) in [5.74, 6) is 0.759. The molecule has 2 rings (SSSR count). The Morgan fingerprint density at radius 2 is 2.40 bits per heavy atom. The molecule has 0 fully saturated rings.